The van der Waals surface area contributed by atoms with Gasteiger partial charge in [-0.15, -0.1) is 0 Å². The number of anilines is 2. The van der Waals surface area contributed by atoms with E-state index in [1.165, 1.54) is 32.7 Å². The van der Waals surface area contributed by atoms with E-state index < -0.39 is 5.82 Å². The van der Waals surface area contributed by atoms with E-state index in [0.29, 0.717) is 41.3 Å². The molecular formula is C23H26FN5O3. The van der Waals surface area contributed by atoms with Crippen LogP contribution in [-0.2, 0) is 6.42 Å². The number of carbonyl (C=O) groups is 1. The Morgan fingerprint density at radius 1 is 1.12 bits per heavy atom. The van der Waals surface area contributed by atoms with Crippen molar-refractivity contribution in [3.63, 3.8) is 0 Å². The minimum Gasteiger partial charge on any atom is -0.494 e. The normalized spacial score (nSPS) is 14.3. The topological polar surface area (TPSA) is 100 Å². The summed E-state index contributed by atoms with van der Waals surface area (Å²) in [7, 11) is 2.95. The Labute approximate surface area is 185 Å². The van der Waals surface area contributed by atoms with Crippen LogP contribution in [0.2, 0.25) is 0 Å². The Balaban J connectivity index is 0.000000552. The predicted molar refractivity (Wildman–Crippen MR) is 120 cm³/mol. The molecule has 3 aromatic rings. The molecule has 4 N–H and O–H groups in total. The summed E-state index contributed by atoms with van der Waals surface area (Å²) in [6, 6.07) is 6.37. The molecule has 1 aromatic carbocycles. The molecule has 4 heterocycles. The number of nitrogens with one attached hydrogen (secondary N) is 4. The molecule has 1 amide bonds. The van der Waals surface area contributed by atoms with Crippen LogP contribution in [0.15, 0.2) is 36.7 Å². The maximum absolute atomic E-state index is 14.2. The van der Waals surface area contributed by atoms with E-state index in [4.69, 9.17) is 9.47 Å². The highest BCUT2D eigenvalue weighted by Crippen LogP contribution is 2.41. The summed E-state index contributed by atoms with van der Waals surface area (Å²) in [6.07, 6.45) is 5.29. The highest BCUT2D eigenvalue weighted by molar-refractivity contribution is 6.06. The summed E-state index contributed by atoms with van der Waals surface area (Å²) in [5.41, 5.74) is 3.63. The number of amides is 1. The van der Waals surface area contributed by atoms with Crippen molar-refractivity contribution < 1.29 is 18.7 Å². The Hall–Kier alpha value is -3.59. The van der Waals surface area contributed by atoms with Crippen molar-refractivity contribution in [2.75, 3.05) is 39.2 Å². The fourth-order valence-corrected chi connectivity index (χ4v) is 3.58. The summed E-state index contributed by atoms with van der Waals surface area (Å²) in [4.78, 5) is 20.0. The number of fused-ring (bicyclic) bond motifs is 1. The molecule has 0 radical (unpaired) electrons. The lowest BCUT2D eigenvalue weighted by Gasteiger charge is -2.17. The van der Waals surface area contributed by atoms with Crippen LogP contribution in [0.5, 0.6) is 11.5 Å². The molecule has 168 valence electrons. The van der Waals surface area contributed by atoms with Gasteiger partial charge in [-0.1, -0.05) is 6.07 Å². The molecule has 8 nitrogen and oxygen atoms in total. The molecule has 0 saturated carbocycles. The number of methoxy groups -OCH3 is 2. The Bertz CT molecular complexity index is 1110. The zero-order chi connectivity index (χ0) is 22.5. The summed E-state index contributed by atoms with van der Waals surface area (Å²) < 4.78 is 24.8. The van der Waals surface area contributed by atoms with Crippen LogP contribution >= 0.6 is 0 Å². The van der Waals surface area contributed by atoms with Gasteiger partial charge in [-0.3, -0.25) is 9.78 Å². The lowest BCUT2D eigenvalue weighted by Crippen LogP contribution is -2.31. The third-order valence-electron chi connectivity index (χ3n) is 5.38. The number of para-hydroxylation sites is 1. The minimum absolute atomic E-state index is 0.0707. The van der Waals surface area contributed by atoms with Crippen molar-refractivity contribution in [1.29, 1.82) is 0 Å². The SMILES string of the molecule is C1CNC1.COc1cnccc1-c1[nH]c2c(c1Nc1cccc(F)c1OC)C(=O)NCC2. The number of benzene rings is 1. The molecule has 0 unspecified atom stereocenters. The zero-order valence-electron chi connectivity index (χ0n) is 18.0. The lowest BCUT2D eigenvalue weighted by molar-refractivity contribution is 0.0947. The van der Waals surface area contributed by atoms with Crippen LogP contribution in [0.25, 0.3) is 11.3 Å². The number of halogens is 1. The summed E-state index contributed by atoms with van der Waals surface area (Å²) in [6.45, 7) is 3.04. The lowest BCUT2D eigenvalue weighted by atomic mass is 10.0. The van der Waals surface area contributed by atoms with E-state index in [0.717, 1.165) is 11.3 Å². The van der Waals surface area contributed by atoms with E-state index in [-0.39, 0.29) is 11.7 Å². The van der Waals surface area contributed by atoms with Crippen LogP contribution in [0.3, 0.4) is 0 Å². The van der Waals surface area contributed by atoms with E-state index in [1.807, 2.05) is 0 Å². The number of ether oxygens (including phenoxy) is 2. The minimum atomic E-state index is -0.496. The summed E-state index contributed by atoms with van der Waals surface area (Å²) >= 11 is 0. The molecular weight excluding hydrogens is 413 g/mol. The van der Waals surface area contributed by atoms with Crippen LogP contribution in [0, 0.1) is 5.82 Å². The summed E-state index contributed by atoms with van der Waals surface area (Å²) in [5.74, 6) is -0.0730. The van der Waals surface area contributed by atoms with Crippen molar-refractivity contribution in [1.82, 2.24) is 20.6 Å². The van der Waals surface area contributed by atoms with Crippen LogP contribution in [0.4, 0.5) is 15.8 Å². The molecule has 0 atom stereocenters. The van der Waals surface area contributed by atoms with Crippen LogP contribution in [0.1, 0.15) is 22.5 Å². The molecule has 32 heavy (non-hydrogen) atoms. The van der Waals surface area contributed by atoms with E-state index >= 15 is 0 Å². The van der Waals surface area contributed by atoms with Crippen LogP contribution in [-0.4, -0.2) is 49.7 Å². The van der Waals surface area contributed by atoms with Gasteiger partial charge < -0.3 is 30.4 Å². The number of nitrogens with zero attached hydrogens (tertiary/aromatic N) is 1. The first kappa shape index (κ1) is 21.6. The van der Waals surface area contributed by atoms with Gasteiger partial charge in [-0.25, -0.2) is 4.39 Å². The van der Waals surface area contributed by atoms with E-state index in [1.54, 1.807) is 37.7 Å². The van der Waals surface area contributed by atoms with Gasteiger partial charge in [-0.2, -0.15) is 0 Å². The molecule has 2 aliphatic rings. The highest BCUT2D eigenvalue weighted by Gasteiger charge is 2.28. The second-order valence-electron chi connectivity index (χ2n) is 7.36. The number of aromatic amines is 1. The highest BCUT2D eigenvalue weighted by atomic mass is 19.1. The quantitative estimate of drug-likeness (QED) is 0.487. The first-order valence-corrected chi connectivity index (χ1v) is 10.5. The van der Waals surface area contributed by atoms with Gasteiger partial charge in [0.25, 0.3) is 5.91 Å². The third-order valence-corrected chi connectivity index (χ3v) is 5.38. The van der Waals surface area contributed by atoms with Gasteiger partial charge in [0.15, 0.2) is 11.6 Å². The van der Waals surface area contributed by atoms with E-state index in [2.05, 4.69) is 25.9 Å². The van der Waals surface area contributed by atoms with Crippen molar-refractivity contribution in [3.8, 4) is 22.8 Å². The standard InChI is InChI=1S/C20H19FN4O3.C3H7N/c1-27-15-10-22-8-6-11(15)17-18(16-13(24-17)7-9-23-20(16)26)25-14-5-3-4-12(21)19(14)28-2;1-2-4-3-1/h3-6,8,10,24-25H,7,9H2,1-2H3,(H,23,26);4H,1-3H2. The van der Waals surface area contributed by atoms with E-state index in [9.17, 15) is 9.18 Å². The largest absolute Gasteiger partial charge is 0.494 e. The maximum atomic E-state index is 14.2. The van der Waals surface area contributed by atoms with Gasteiger partial charge in [-0.05, 0) is 37.7 Å². The van der Waals surface area contributed by atoms with Crippen molar-refractivity contribution in [2.24, 2.45) is 0 Å². The number of H-pyrrole nitrogens is 1. The first-order chi connectivity index (χ1) is 15.6. The van der Waals surface area contributed by atoms with Gasteiger partial charge >= 0.3 is 0 Å². The monoisotopic (exact) mass is 439 g/mol. The van der Waals surface area contributed by atoms with Crippen LogP contribution < -0.4 is 25.4 Å². The number of hydrogen-bond acceptors (Lipinski definition) is 6. The second kappa shape index (κ2) is 9.69. The fraction of sp³-hybridized carbons (Fsp3) is 0.304. The average Bonchev–Trinajstić information content (AvgIpc) is 3.12. The number of rotatable bonds is 5. The van der Waals surface area contributed by atoms with Crippen molar-refractivity contribution in [2.45, 2.75) is 12.8 Å². The summed E-state index contributed by atoms with van der Waals surface area (Å²) in [5, 5.41) is 9.15. The van der Waals surface area contributed by atoms with Crippen molar-refractivity contribution in [3.05, 3.63) is 53.7 Å². The molecule has 0 spiro atoms. The predicted octanol–water partition coefficient (Wildman–Crippen LogP) is 3.24. The molecule has 2 aliphatic heterocycles. The average molecular weight is 439 g/mol. The Morgan fingerprint density at radius 2 is 1.91 bits per heavy atom. The zero-order valence-corrected chi connectivity index (χ0v) is 18.0. The van der Waals surface area contributed by atoms with Gasteiger partial charge in [0.05, 0.1) is 43.0 Å². The van der Waals surface area contributed by atoms with Gasteiger partial charge in [0.2, 0.25) is 0 Å². The smallest absolute Gasteiger partial charge is 0.255 e. The molecule has 1 saturated heterocycles. The molecule has 5 rings (SSSR count). The molecule has 0 bridgehead atoms. The Kier molecular flexibility index (Phi) is 6.55. The molecule has 2 aromatic heterocycles. The first-order valence-electron chi connectivity index (χ1n) is 10.5. The van der Waals surface area contributed by atoms with Gasteiger partial charge in [0.1, 0.15) is 5.75 Å². The fourth-order valence-electron chi connectivity index (χ4n) is 3.58. The Morgan fingerprint density at radius 3 is 2.59 bits per heavy atom. The third kappa shape index (κ3) is 4.24. The number of aromatic nitrogens is 2. The number of carbonyl (C=O) groups excluding carboxylic acids is 1. The second-order valence-corrected chi connectivity index (χ2v) is 7.36. The molecule has 0 aliphatic carbocycles. The van der Waals surface area contributed by atoms with Gasteiger partial charge in [0, 0.05) is 30.4 Å². The maximum Gasteiger partial charge on any atom is 0.255 e. The number of hydrogen-bond donors (Lipinski definition) is 4. The van der Waals surface area contributed by atoms with Crippen molar-refractivity contribution >= 4 is 17.3 Å². The molecule has 1 fully saturated rings. The molecule has 9 heteroatoms. The number of pyridine rings is 1.